The van der Waals surface area contributed by atoms with Crippen molar-refractivity contribution in [3.05, 3.63) is 65.2 Å². The van der Waals surface area contributed by atoms with E-state index in [0.29, 0.717) is 17.2 Å². The van der Waals surface area contributed by atoms with Crippen molar-refractivity contribution in [2.24, 2.45) is 0 Å². The first-order chi connectivity index (χ1) is 10.7. The fourth-order valence-electron chi connectivity index (χ4n) is 2.12. The highest BCUT2D eigenvalue weighted by Crippen LogP contribution is 2.23. The highest BCUT2D eigenvalue weighted by Gasteiger charge is 2.08. The molecule has 0 N–H and O–H groups in total. The zero-order valence-corrected chi connectivity index (χ0v) is 13.3. The second-order valence-corrected chi connectivity index (χ2v) is 4.87. The van der Waals surface area contributed by atoms with Crippen molar-refractivity contribution in [2.45, 2.75) is 5.88 Å². The van der Waals surface area contributed by atoms with Crippen molar-refractivity contribution >= 4 is 23.5 Å². The van der Waals surface area contributed by atoms with Crippen LogP contribution in [0.15, 0.2) is 48.5 Å². The van der Waals surface area contributed by atoms with Crippen molar-refractivity contribution in [2.75, 3.05) is 14.2 Å². The quantitative estimate of drug-likeness (QED) is 0.452. The molecule has 0 heterocycles. The Kier molecular flexibility index (Phi) is 5.61. The van der Waals surface area contributed by atoms with Gasteiger partial charge in [0.1, 0.15) is 11.5 Å². The molecular formula is C18H17ClO3. The third kappa shape index (κ3) is 3.68. The van der Waals surface area contributed by atoms with Gasteiger partial charge in [0.25, 0.3) is 0 Å². The fraction of sp³-hybridized carbons (Fsp3) is 0.167. The lowest BCUT2D eigenvalue weighted by atomic mass is 10.1. The third-order valence-corrected chi connectivity index (χ3v) is 3.54. The molecule has 0 saturated heterocycles. The monoisotopic (exact) mass is 316 g/mol. The van der Waals surface area contributed by atoms with E-state index < -0.39 is 0 Å². The van der Waals surface area contributed by atoms with Crippen LogP contribution < -0.4 is 9.47 Å². The molecule has 2 aromatic rings. The lowest BCUT2D eigenvalue weighted by molar-refractivity contribution is 0.104. The topological polar surface area (TPSA) is 35.5 Å². The number of allylic oxidation sites excluding steroid dienone is 1. The van der Waals surface area contributed by atoms with Gasteiger partial charge >= 0.3 is 0 Å². The Morgan fingerprint density at radius 1 is 1.09 bits per heavy atom. The summed E-state index contributed by atoms with van der Waals surface area (Å²) in [5.41, 5.74) is 2.31. The van der Waals surface area contributed by atoms with Gasteiger partial charge in [-0.2, -0.15) is 0 Å². The summed E-state index contributed by atoms with van der Waals surface area (Å²) in [6.07, 6.45) is 3.28. The van der Waals surface area contributed by atoms with Gasteiger partial charge in [0.05, 0.1) is 25.7 Å². The van der Waals surface area contributed by atoms with Crippen LogP contribution in [0, 0.1) is 0 Å². The number of hydrogen-bond donors (Lipinski definition) is 0. The van der Waals surface area contributed by atoms with E-state index in [2.05, 4.69) is 0 Å². The Hall–Kier alpha value is -2.26. The predicted octanol–water partition coefficient (Wildman–Crippen LogP) is 4.34. The molecule has 0 amide bonds. The van der Waals surface area contributed by atoms with Crippen LogP contribution >= 0.6 is 11.6 Å². The second-order valence-electron chi connectivity index (χ2n) is 4.60. The molecule has 0 aliphatic carbocycles. The predicted molar refractivity (Wildman–Crippen MR) is 88.9 cm³/mol. The van der Waals surface area contributed by atoms with Gasteiger partial charge in [0.15, 0.2) is 5.78 Å². The molecule has 0 aromatic heterocycles. The molecule has 0 unspecified atom stereocenters. The third-order valence-electron chi connectivity index (χ3n) is 3.25. The van der Waals surface area contributed by atoms with Gasteiger partial charge in [-0.25, -0.2) is 0 Å². The molecule has 0 aliphatic rings. The lowest BCUT2D eigenvalue weighted by Crippen LogP contribution is -1.98. The number of benzene rings is 2. The van der Waals surface area contributed by atoms with Crippen LogP contribution in [-0.2, 0) is 5.88 Å². The zero-order chi connectivity index (χ0) is 15.9. The van der Waals surface area contributed by atoms with Crippen molar-refractivity contribution in [3.63, 3.8) is 0 Å². The second kappa shape index (κ2) is 7.66. The van der Waals surface area contributed by atoms with E-state index >= 15 is 0 Å². The average Bonchev–Trinajstić information content (AvgIpc) is 2.59. The molecule has 2 rings (SSSR count). The summed E-state index contributed by atoms with van der Waals surface area (Å²) >= 11 is 5.89. The van der Waals surface area contributed by atoms with E-state index in [1.165, 1.54) is 6.08 Å². The van der Waals surface area contributed by atoms with Crippen LogP contribution in [0.3, 0.4) is 0 Å². The minimum absolute atomic E-state index is 0.110. The first-order valence-corrected chi connectivity index (χ1v) is 7.31. The molecule has 0 fully saturated rings. The largest absolute Gasteiger partial charge is 0.496 e. The molecule has 3 nitrogen and oxygen atoms in total. The van der Waals surface area contributed by atoms with Crippen molar-refractivity contribution in [1.29, 1.82) is 0 Å². The van der Waals surface area contributed by atoms with Crippen molar-refractivity contribution in [3.8, 4) is 11.5 Å². The number of halogens is 1. The van der Waals surface area contributed by atoms with Crippen LogP contribution in [0.1, 0.15) is 21.5 Å². The van der Waals surface area contributed by atoms with Gasteiger partial charge in [-0.3, -0.25) is 4.79 Å². The Bertz CT molecular complexity index is 692. The van der Waals surface area contributed by atoms with Crippen LogP contribution in [0.4, 0.5) is 0 Å². The summed E-state index contributed by atoms with van der Waals surface area (Å²) in [7, 11) is 3.15. The van der Waals surface area contributed by atoms with Crippen molar-refractivity contribution in [1.82, 2.24) is 0 Å². The molecule has 0 aliphatic heterocycles. The van der Waals surface area contributed by atoms with Crippen molar-refractivity contribution < 1.29 is 14.3 Å². The number of alkyl halides is 1. The van der Waals surface area contributed by atoms with Gasteiger partial charge < -0.3 is 9.47 Å². The van der Waals surface area contributed by atoms with Gasteiger partial charge in [0.2, 0.25) is 0 Å². The van der Waals surface area contributed by atoms with Gasteiger partial charge in [-0.1, -0.05) is 24.3 Å². The summed E-state index contributed by atoms with van der Waals surface area (Å²) in [4.78, 5) is 12.3. The van der Waals surface area contributed by atoms with Crippen LogP contribution in [0.2, 0.25) is 0 Å². The minimum Gasteiger partial charge on any atom is -0.496 e. The molecule has 0 saturated carbocycles. The van der Waals surface area contributed by atoms with E-state index in [1.807, 2.05) is 30.3 Å². The number of carbonyl (C=O) groups is 1. The van der Waals surface area contributed by atoms with Crippen LogP contribution in [-0.4, -0.2) is 20.0 Å². The molecule has 0 bridgehead atoms. The Morgan fingerprint density at radius 2 is 1.82 bits per heavy atom. The number of ether oxygens (including phenoxy) is 2. The first-order valence-electron chi connectivity index (χ1n) is 6.78. The smallest absolute Gasteiger partial charge is 0.189 e. The number of ketones is 1. The Morgan fingerprint density at radius 3 is 2.50 bits per heavy atom. The Balaban J connectivity index is 2.23. The van der Waals surface area contributed by atoms with E-state index in [4.69, 9.17) is 21.1 Å². The maximum absolute atomic E-state index is 12.3. The first kappa shape index (κ1) is 16.1. The molecule has 2 aromatic carbocycles. The number of carbonyl (C=O) groups excluding carboxylic acids is 1. The summed E-state index contributed by atoms with van der Waals surface area (Å²) in [6.45, 7) is 0. The van der Waals surface area contributed by atoms with Gasteiger partial charge in [-0.15, -0.1) is 11.6 Å². The standard InChI is InChI=1S/C18H17ClO3/c1-21-17-10-8-13(11-14(17)12-19)7-9-16(20)15-5-3-4-6-18(15)22-2/h3-11H,12H2,1-2H3/b9-7+. The maximum Gasteiger partial charge on any atom is 0.189 e. The molecule has 0 spiro atoms. The summed E-state index contributed by atoms with van der Waals surface area (Å²) in [6, 6.07) is 12.8. The number of methoxy groups -OCH3 is 2. The number of rotatable bonds is 6. The SMILES string of the molecule is COc1ccc(/C=C/C(=O)c2ccccc2OC)cc1CCl. The Labute approximate surface area is 135 Å². The zero-order valence-electron chi connectivity index (χ0n) is 12.5. The normalized spacial score (nSPS) is 10.7. The van der Waals surface area contributed by atoms with Crippen LogP contribution in [0.5, 0.6) is 11.5 Å². The van der Waals surface area contributed by atoms with Crippen LogP contribution in [0.25, 0.3) is 6.08 Å². The molecular weight excluding hydrogens is 300 g/mol. The minimum atomic E-state index is -0.110. The molecule has 114 valence electrons. The average molecular weight is 317 g/mol. The highest BCUT2D eigenvalue weighted by molar-refractivity contribution is 6.17. The number of para-hydroxylation sites is 1. The van der Waals surface area contributed by atoms with E-state index in [1.54, 1.807) is 32.4 Å². The molecule has 0 atom stereocenters. The van der Waals surface area contributed by atoms with Gasteiger partial charge in [0, 0.05) is 5.56 Å². The van der Waals surface area contributed by atoms with E-state index in [9.17, 15) is 4.79 Å². The summed E-state index contributed by atoms with van der Waals surface area (Å²) in [5.74, 6) is 1.54. The fourth-order valence-corrected chi connectivity index (χ4v) is 2.33. The van der Waals surface area contributed by atoms with E-state index in [0.717, 1.165) is 16.9 Å². The van der Waals surface area contributed by atoms with Gasteiger partial charge in [-0.05, 0) is 35.9 Å². The molecule has 22 heavy (non-hydrogen) atoms. The van der Waals surface area contributed by atoms with E-state index in [-0.39, 0.29) is 5.78 Å². The number of hydrogen-bond acceptors (Lipinski definition) is 3. The molecule has 4 heteroatoms. The lowest BCUT2D eigenvalue weighted by Gasteiger charge is -2.07. The highest BCUT2D eigenvalue weighted by atomic mass is 35.5. The molecule has 0 radical (unpaired) electrons. The summed E-state index contributed by atoms with van der Waals surface area (Å²) in [5, 5.41) is 0. The summed E-state index contributed by atoms with van der Waals surface area (Å²) < 4.78 is 10.4. The maximum atomic E-state index is 12.3.